The van der Waals surface area contributed by atoms with Gasteiger partial charge in [-0.15, -0.1) is 0 Å². The van der Waals surface area contributed by atoms with Gasteiger partial charge in [0, 0.05) is 16.1 Å². The normalized spacial score (nSPS) is 12.3. The highest BCUT2D eigenvalue weighted by molar-refractivity contribution is 6.31. The van der Waals surface area contributed by atoms with E-state index in [1.807, 2.05) is 37.3 Å². The molecule has 0 saturated carbocycles. The molecule has 0 saturated heterocycles. The Kier molecular flexibility index (Phi) is 8.54. The molecule has 220 valence electrons. The highest BCUT2D eigenvalue weighted by Crippen LogP contribution is 2.36. The number of carboxylic acid groups (broad SMARTS) is 1. The van der Waals surface area contributed by atoms with Gasteiger partial charge in [-0.2, -0.15) is 13.2 Å². The molecule has 1 atom stereocenters. The first kappa shape index (κ1) is 29.8. The Morgan fingerprint density at radius 1 is 0.953 bits per heavy atom. The van der Waals surface area contributed by atoms with Gasteiger partial charge in [-0.1, -0.05) is 67.4 Å². The number of carbonyl (C=O) groups is 2. The summed E-state index contributed by atoms with van der Waals surface area (Å²) < 4.78 is 38.8. The number of fused-ring (bicyclic) bond motifs is 1. The van der Waals surface area contributed by atoms with Crippen molar-refractivity contribution in [3.63, 3.8) is 0 Å². The molecule has 43 heavy (non-hydrogen) atoms. The molecule has 0 bridgehead atoms. The lowest BCUT2D eigenvalue weighted by Gasteiger charge is -2.19. The second-order valence-electron chi connectivity index (χ2n) is 10.2. The number of imidazole rings is 1. The second-order valence-corrected chi connectivity index (χ2v) is 10.6. The van der Waals surface area contributed by atoms with Crippen LogP contribution >= 0.6 is 11.6 Å². The monoisotopic (exact) mass is 605 g/mol. The van der Waals surface area contributed by atoms with Crippen LogP contribution < -0.4 is 5.32 Å². The van der Waals surface area contributed by atoms with Crippen LogP contribution in [-0.4, -0.2) is 33.1 Å². The van der Waals surface area contributed by atoms with E-state index in [-0.39, 0.29) is 22.7 Å². The van der Waals surface area contributed by atoms with E-state index in [9.17, 15) is 27.9 Å². The zero-order chi connectivity index (χ0) is 30.7. The molecular formula is C33H27ClF3N3O3. The van der Waals surface area contributed by atoms with Crippen molar-refractivity contribution in [2.24, 2.45) is 0 Å². The Labute approximate surface area is 250 Å². The number of hydrogen-bond acceptors (Lipinski definition) is 3. The lowest BCUT2D eigenvalue weighted by molar-refractivity contribution is -0.127. The summed E-state index contributed by atoms with van der Waals surface area (Å²) in [5.74, 6) is -1.32. The largest absolute Gasteiger partial charge is 0.478 e. The maximum Gasteiger partial charge on any atom is 0.393 e. The van der Waals surface area contributed by atoms with E-state index >= 15 is 0 Å². The number of carboxylic acids is 1. The van der Waals surface area contributed by atoms with Crippen LogP contribution in [0, 0.1) is 0 Å². The molecule has 0 aliphatic heterocycles. The van der Waals surface area contributed by atoms with E-state index in [0.29, 0.717) is 45.0 Å². The van der Waals surface area contributed by atoms with Crippen molar-refractivity contribution < 1.29 is 27.9 Å². The van der Waals surface area contributed by atoms with Crippen LogP contribution in [0.15, 0.2) is 84.9 Å². The minimum absolute atomic E-state index is 0.0739. The van der Waals surface area contributed by atoms with Crippen molar-refractivity contribution in [3.8, 4) is 22.5 Å². The average molecular weight is 606 g/mol. The Balaban J connectivity index is 1.52. The van der Waals surface area contributed by atoms with Crippen molar-refractivity contribution in [1.29, 1.82) is 0 Å². The van der Waals surface area contributed by atoms with Gasteiger partial charge >= 0.3 is 12.1 Å². The number of aromatic nitrogens is 2. The molecule has 0 aliphatic rings. The second kappa shape index (κ2) is 12.3. The zero-order valence-electron chi connectivity index (χ0n) is 23.0. The third-order valence-corrected chi connectivity index (χ3v) is 7.31. The van der Waals surface area contributed by atoms with Gasteiger partial charge in [-0.3, -0.25) is 4.79 Å². The van der Waals surface area contributed by atoms with E-state index in [2.05, 4.69) is 15.3 Å². The topological polar surface area (TPSA) is 95.1 Å². The summed E-state index contributed by atoms with van der Waals surface area (Å²) in [5, 5.41) is 13.5. The SMILES string of the molecule is CCCC(NC(=O)c1ccc(-c2cc(Cl)ccc2-c2nc3cc(CC(F)(F)F)ccc3[nH]2)c(C(=O)O)c1)c1ccccc1. The first-order valence-electron chi connectivity index (χ1n) is 13.6. The number of carbonyl (C=O) groups excluding carboxylic acids is 1. The van der Waals surface area contributed by atoms with Gasteiger partial charge in [0.05, 0.1) is 29.1 Å². The molecule has 5 aromatic rings. The number of aromatic amines is 1. The summed E-state index contributed by atoms with van der Waals surface area (Å²) in [4.78, 5) is 33.4. The molecule has 5 rings (SSSR count). The molecule has 1 heterocycles. The van der Waals surface area contributed by atoms with E-state index in [1.54, 1.807) is 30.3 Å². The summed E-state index contributed by atoms with van der Waals surface area (Å²) in [7, 11) is 0. The van der Waals surface area contributed by atoms with Gasteiger partial charge in [0.1, 0.15) is 5.82 Å². The van der Waals surface area contributed by atoms with Gasteiger partial charge in [-0.25, -0.2) is 9.78 Å². The lowest BCUT2D eigenvalue weighted by Crippen LogP contribution is -2.28. The highest BCUT2D eigenvalue weighted by Gasteiger charge is 2.28. The van der Waals surface area contributed by atoms with Crippen LogP contribution in [-0.2, 0) is 6.42 Å². The maximum atomic E-state index is 13.3. The van der Waals surface area contributed by atoms with Gasteiger partial charge in [-0.05, 0) is 71.1 Å². The van der Waals surface area contributed by atoms with Gasteiger partial charge in [0.15, 0.2) is 0 Å². The Hall–Kier alpha value is -4.63. The molecular weight excluding hydrogens is 579 g/mol. The third-order valence-electron chi connectivity index (χ3n) is 7.08. The van der Waals surface area contributed by atoms with Gasteiger partial charge in [0.2, 0.25) is 0 Å². The molecule has 0 fully saturated rings. The summed E-state index contributed by atoms with van der Waals surface area (Å²) in [5.41, 5.74) is 3.17. The molecule has 4 aromatic carbocycles. The summed E-state index contributed by atoms with van der Waals surface area (Å²) in [6.07, 6.45) is -3.89. The molecule has 10 heteroatoms. The Morgan fingerprint density at radius 2 is 1.70 bits per heavy atom. The number of amides is 1. The number of nitrogens with zero attached hydrogens (tertiary/aromatic N) is 1. The first-order chi connectivity index (χ1) is 20.5. The smallest absolute Gasteiger partial charge is 0.393 e. The average Bonchev–Trinajstić information content (AvgIpc) is 3.39. The van der Waals surface area contributed by atoms with Crippen molar-refractivity contribution in [3.05, 3.63) is 112 Å². The summed E-state index contributed by atoms with van der Waals surface area (Å²) in [6.45, 7) is 2.02. The van der Waals surface area contributed by atoms with E-state index < -0.39 is 24.5 Å². The van der Waals surface area contributed by atoms with Gasteiger partial charge in [0.25, 0.3) is 5.91 Å². The van der Waals surface area contributed by atoms with Crippen molar-refractivity contribution in [2.75, 3.05) is 0 Å². The molecule has 0 spiro atoms. The van der Waals surface area contributed by atoms with Crippen LogP contribution in [0.2, 0.25) is 5.02 Å². The number of H-pyrrole nitrogens is 1. The number of hydrogen-bond donors (Lipinski definition) is 3. The number of aromatic carboxylic acids is 1. The fourth-order valence-corrected chi connectivity index (χ4v) is 5.27. The van der Waals surface area contributed by atoms with Gasteiger partial charge < -0.3 is 15.4 Å². The number of nitrogens with one attached hydrogen (secondary N) is 2. The van der Waals surface area contributed by atoms with Crippen LogP contribution in [0.4, 0.5) is 13.2 Å². The molecule has 1 aromatic heterocycles. The number of benzene rings is 4. The van der Waals surface area contributed by atoms with Crippen molar-refractivity contribution in [2.45, 2.75) is 38.4 Å². The number of rotatable bonds is 9. The molecule has 6 nitrogen and oxygen atoms in total. The van der Waals surface area contributed by atoms with Crippen LogP contribution in [0.1, 0.15) is 57.7 Å². The molecule has 1 unspecified atom stereocenters. The number of alkyl halides is 3. The molecule has 0 aliphatic carbocycles. The molecule has 1 amide bonds. The Morgan fingerprint density at radius 3 is 2.40 bits per heavy atom. The number of halogens is 4. The predicted octanol–water partition coefficient (Wildman–Crippen LogP) is 8.62. The van der Waals surface area contributed by atoms with E-state index in [4.69, 9.17) is 11.6 Å². The van der Waals surface area contributed by atoms with Crippen molar-refractivity contribution >= 4 is 34.5 Å². The first-order valence-corrected chi connectivity index (χ1v) is 14.0. The quantitative estimate of drug-likeness (QED) is 0.157. The fourth-order valence-electron chi connectivity index (χ4n) is 5.10. The van der Waals surface area contributed by atoms with Crippen LogP contribution in [0.25, 0.3) is 33.5 Å². The summed E-state index contributed by atoms with van der Waals surface area (Å²) >= 11 is 6.33. The molecule has 3 N–H and O–H groups in total. The standard InChI is InChI=1S/C33H27ClF3N3O3/c1-2-6-27(20-7-4-3-5-8-20)40-31(41)21-10-12-23(26(16-21)32(42)43)25-17-22(34)11-13-24(25)30-38-28-14-9-19(15-29(28)39-30)18-33(35,36)37/h3-5,7-17,27H,2,6,18H2,1H3,(H,38,39)(H,40,41)(H,42,43). The summed E-state index contributed by atoms with van der Waals surface area (Å²) in [6, 6.07) is 22.9. The van der Waals surface area contributed by atoms with Crippen LogP contribution in [0.3, 0.4) is 0 Å². The fraction of sp³-hybridized carbons (Fsp3) is 0.182. The molecule has 0 radical (unpaired) electrons. The minimum atomic E-state index is -4.36. The maximum absolute atomic E-state index is 13.3. The minimum Gasteiger partial charge on any atom is -0.478 e. The lowest BCUT2D eigenvalue weighted by atomic mass is 9.93. The van der Waals surface area contributed by atoms with Crippen LogP contribution in [0.5, 0.6) is 0 Å². The third kappa shape index (κ3) is 6.89. The Bertz CT molecular complexity index is 1800. The van der Waals surface area contributed by atoms with Crippen molar-refractivity contribution in [1.82, 2.24) is 15.3 Å². The van der Waals surface area contributed by atoms with E-state index in [0.717, 1.165) is 12.0 Å². The zero-order valence-corrected chi connectivity index (χ0v) is 23.8. The van der Waals surface area contributed by atoms with E-state index in [1.165, 1.54) is 24.3 Å². The predicted molar refractivity (Wildman–Crippen MR) is 160 cm³/mol. The highest BCUT2D eigenvalue weighted by atomic mass is 35.5.